The van der Waals surface area contributed by atoms with Gasteiger partial charge in [0.1, 0.15) is 18.1 Å². The summed E-state index contributed by atoms with van der Waals surface area (Å²) in [7, 11) is 0. The fourth-order valence-corrected chi connectivity index (χ4v) is 7.67. The highest BCUT2D eigenvalue weighted by Crippen LogP contribution is 2.53. The van der Waals surface area contributed by atoms with Gasteiger partial charge >= 0.3 is 5.97 Å². The number of cyclic esters (lactones) is 1. The lowest BCUT2D eigenvalue weighted by Crippen LogP contribution is -2.54. The van der Waals surface area contributed by atoms with Crippen molar-refractivity contribution in [3.05, 3.63) is 28.8 Å². The maximum Gasteiger partial charge on any atom is 0.310 e. The maximum absolute atomic E-state index is 12.9. The van der Waals surface area contributed by atoms with E-state index in [1.165, 1.54) is 53.7 Å². The first-order valence-corrected chi connectivity index (χ1v) is 14.8. The number of anilines is 1. The summed E-state index contributed by atoms with van der Waals surface area (Å²) >= 11 is 5.93. The lowest BCUT2D eigenvalue weighted by Gasteiger charge is -2.49. The molecule has 40 heavy (non-hydrogen) atoms. The fraction of sp³-hybridized carbons (Fsp3) is 0.655. The molecule has 218 valence electrons. The number of carbonyl (C=O) groups is 4. The standard InChI is InChI=1S/C19H23ClN4O6.C10H16/c1-9(22-16(26)10-4-5-12(21)11(20)7-10)18(28)24-6-2-3-14(24)17(27)23-13-8-15(25)30-19(13)29;1-7-2-9-4-8(1)5-10(3-7)6-9/h4-5,7,9,13-14,19,29H,2-3,6,8,21H2,1H3,(H,22,26)(H,23,27);7-10H,1-6H2/t9-,13-,14-,19?;/m0./s1. The number of hydrogen-bond donors (Lipinski definition) is 4. The molecule has 2 aliphatic heterocycles. The van der Waals surface area contributed by atoms with Crippen LogP contribution >= 0.6 is 11.6 Å². The Bertz CT molecular complexity index is 1100. The number of benzene rings is 1. The van der Waals surface area contributed by atoms with Crippen LogP contribution in [0, 0.1) is 23.7 Å². The van der Waals surface area contributed by atoms with Crippen molar-refractivity contribution in [1.29, 1.82) is 0 Å². The smallest absolute Gasteiger partial charge is 0.310 e. The van der Waals surface area contributed by atoms with Crippen LogP contribution in [0.3, 0.4) is 0 Å². The van der Waals surface area contributed by atoms with Crippen LogP contribution in [0.15, 0.2) is 18.2 Å². The quantitative estimate of drug-likeness (QED) is 0.312. The SMILES string of the molecule is C1C2CC3CC1CC(C2)C3.C[C@H](NC(=O)c1ccc(N)c(Cl)c1)C(=O)N1CCC[C@H]1C(=O)N[C@H]1CC(=O)OC1O. The Balaban J connectivity index is 0.000000264. The summed E-state index contributed by atoms with van der Waals surface area (Å²) < 4.78 is 4.61. The summed E-state index contributed by atoms with van der Waals surface area (Å²) in [6, 6.07) is 1.91. The van der Waals surface area contributed by atoms with Crippen LogP contribution in [0.25, 0.3) is 0 Å². The zero-order valence-electron chi connectivity index (χ0n) is 22.8. The van der Waals surface area contributed by atoms with E-state index in [1.807, 2.05) is 0 Å². The van der Waals surface area contributed by atoms with Gasteiger partial charge in [-0.25, -0.2) is 0 Å². The molecular weight excluding hydrogens is 536 g/mol. The zero-order valence-corrected chi connectivity index (χ0v) is 23.6. The predicted molar refractivity (Wildman–Crippen MR) is 148 cm³/mol. The van der Waals surface area contributed by atoms with Crippen molar-refractivity contribution in [3.8, 4) is 0 Å². The molecule has 1 unspecified atom stereocenters. The third-order valence-electron chi connectivity index (χ3n) is 9.13. The minimum atomic E-state index is -1.41. The van der Waals surface area contributed by atoms with E-state index in [9.17, 15) is 24.3 Å². The summed E-state index contributed by atoms with van der Waals surface area (Å²) in [4.78, 5) is 50.5. The summed E-state index contributed by atoms with van der Waals surface area (Å²) in [5, 5.41) is 15.0. The number of rotatable bonds is 5. The van der Waals surface area contributed by atoms with Gasteiger partial charge in [0.25, 0.3) is 5.91 Å². The van der Waals surface area contributed by atoms with E-state index >= 15 is 0 Å². The molecule has 1 aromatic carbocycles. The van der Waals surface area contributed by atoms with E-state index in [2.05, 4.69) is 15.4 Å². The Hall–Kier alpha value is -2.85. The van der Waals surface area contributed by atoms with Gasteiger partial charge in [0.15, 0.2) is 0 Å². The molecule has 4 bridgehead atoms. The van der Waals surface area contributed by atoms with Gasteiger partial charge in [-0.1, -0.05) is 11.6 Å². The second-order valence-corrected chi connectivity index (χ2v) is 12.6. The van der Waals surface area contributed by atoms with Crippen LogP contribution in [0.5, 0.6) is 0 Å². The summed E-state index contributed by atoms with van der Waals surface area (Å²) in [5.41, 5.74) is 6.22. The van der Waals surface area contributed by atoms with Crippen LogP contribution in [-0.4, -0.2) is 64.7 Å². The van der Waals surface area contributed by atoms with Gasteiger partial charge in [-0.2, -0.15) is 0 Å². The summed E-state index contributed by atoms with van der Waals surface area (Å²) in [5.74, 6) is 2.71. The topological polar surface area (TPSA) is 151 Å². The van der Waals surface area contributed by atoms with Gasteiger partial charge in [0.05, 0.1) is 17.1 Å². The molecule has 5 N–H and O–H groups in total. The minimum Gasteiger partial charge on any atom is -0.434 e. The number of carbonyl (C=O) groups excluding carboxylic acids is 4. The molecule has 6 aliphatic rings. The number of likely N-dealkylation sites (tertiary alicyclic amines) is 1. The Morgan fingerprint density at radius 1 is 1.07 bits per heavy atom. The van der Waals surface area contributed by atoms with Crippen molar-refractivity contribution in [2.75, 3.05) is 12.3 Å². The van der Waals surface area contributed by atoms with Crippen molar-refractivity contribution < 1.29 is 29.0 Å². The first-order chi connectivity index (χ1) is 19.1. The average molecular weight is 575 g/mol. The molecule has 4 saturated carbocycles. The lowest BCUT2D eigenvalue weighted by molar-refractivity contribution is -0.155. The van der Waals surface area contributed by atoms with Crippen molar-refractivity contribution in [1.82, 2.24) is 15.5 Å². The number of nitrogen functional groups attached to an aromatic ring is 1. The van der Waals surface area contributed by atoms with E-state index in [1.54, 1.807) is 38.5 Å². The molecule has 6 fully saturated rings. The minimum absolute atomic E-state index is 0.135. The van der Waals surface area contributed by atoms with Crippen molar-refractivity contribution >= 4 is 41.0 Å². The van der Waals surface area contributed by atoms with Gasteiger partial charge < -0.3 is 31.1 Å². The van der Waals surface area contributed by atoms with Crippen LogP contribution in [-0.2, 0) is 19.1 Å². The first kappa shape index (κ1) is 28.7. The van der Waals surface area contributed by atoms with E-state index < -0.39 is 48.1 Å². The van der Waals surface area contributed by atoms with Crippen LogP contribution in [0.1, 0.15) is 75.1 Å². The van der Waals surface area contributed by atoms with Crippen LogP contribution in [0.4, 0.5) is 5.69 Å². The Kier molecular flexibility index (Phi) is 8.56. The molecule has 1 aromatic rings. The molecule has 0 radical (unpaired) electrons. The fourth-order valence-electron chi connectivity index (χ4n) is 7.49. The van der Waals surface area contributed by atoms with Gasteiger partial charge in [-0.15, -0.1) is 0 Å². The Morgan fingerprint density at radius 2 is 1.68 bits per heavy atom. The van der Waals surface area contributed by atoms with Gasteiger partial charge in [0.2, 0.25) is 18.1 Å². The molecule has 0 aromatic heterocycles. The predicted octanol–water partition coefficient (Wildman–Crippen LogP) is 2.61. The number of nitrogens with two attached hydrogens (primary N) is 1. The maximum atomic E-state index is 12.9. The molecule has 4 atom stereocenters. The van der Waals surface area contributed by atoms with Gasteiger partial charge in [0, 0.05) is 12.1 Å². The first-order valence-electron chi connectivity index (χ1n) is 14.4. The summed E-state index contributed by atoms with van der Waals surface area (Å²) in [6.45, 7) is 1.88. The second-order valence-electron chi connectivity index (χ2n) is 12.2. The monoisotopic (exact) mass is 574 g/mol. The Labute approximate surface area is 239 Å². The zero-order chi connectivity index (χ0) is 28.6. The lowest BCUT2D eigenvalue weighted by atomic mass is 9.56. The highest BCUT2D eigenvalue weighted by molar-refractivity contribution is 6.33. The molecule has 2 heterocycles. The third-order valence-corrected chi connectivity index (χ3v) is 9.46. The largest absolute Gasteiger partial charge is 0.434 e. The molecule has 4 aliphatic carbocycles. The van der Waals surface area contributed by atoms with Crippen molar-refractivity contribution in [2.45, 2.75) is 89.1 Å². The number of nitrogens with zero attached hydrogens (tertiary/aromatic N) is 1. The molecular formula is C29H39ClN4O6. The molecule has 11 heteroatoms. The molecule has 0 spiro atoms. The van der Waals surface area contributed by atoms with Crippen LogP contribution in [0.2, 0.25) is 5.02 Å². The van der Waals surface area contributed by atoms with E-state index in [4.69, 9.17) is 17.3 Å². The number of ether oxygens (including phenoxy) is 1. The van der Waals surface area contributed by atoms with E-state index in [0.29, 0.717) is 25.1 Å². The highest BCUT2D eigenvalue weighted by atomic mass is 35.5. The van der Waals surface area contributed by atoms with E-state index in [-0.39, 0.29) is 17.0 Å². The number of halogens is 1. The number of amides is 3. The van der Waals surface area contributed by atoms with Crippen LogP contribution < -0.4 is 16.4 Å². The number of aliphatic hydroxyl groups is 1. The number of hydrogen-bond acceptors (Lipinski definition) is 7. The average Bonchev–Trinajstić information content (AvgIpc) is 3.50. The van der Waals surface area contributed by atoms with Crippen molar-refractivity contribution in [2.24, 2.45) is 23.7 Å². The third kappa shape index (κ3) is 6.38. The number of esters is 1. The molecule has 3 amide bonds. The molecule has 10 nitrogen and oxygen atoms in total. The summed E-state index contributed by atoms with van der Waals surface area (Å²) in [6.07, 6.45) is 9.13. The van der Waals surface area contributed by atoms with Crippen molar-refractivity contribution in [3.63, 3.8) is 0 Å². The number of aliphatic hydroxyl groups excluding tert-OH is 1. The van der Waals surface area contributed by atoms with E-state index in [0.717, 1.165) is 0 Å². The van der Waals surface area contributed by atoms with Gasteiger partial charge in [-0.05, 0) is 100 Å². The number of nitrogens with one attached hydrogen (secondary N) is 2. The van der Waals surface area contributed by atoms with Gasteiger partial charge in [-0.3, -0.25) is 19.2 Å². The highest BCUT2D eigenvalue weighted by Gasteiger charge is 2.42. The molecule has 2 saturated heterocycles. The second kappa shape index (κ2) is 11.9. The normalized spacial score (nSPS) is 32.6. The Morgan fingerprint density at radius 3 is 2.20 bits per heavy atom. The molecule has 7 rings (SSSR count).